The van der Waals surface area contributed by atoms with Crippen molar-refractivity contribution in [2.24, 2.45) is 0 Å². The summed E-state index contributed by atoms with van der Waals surface area (Å²) in [6.07, 6.45) is 0. The highest BCUT2D eigenvalue weighted by atomic mass is 35.5. The van der Waals surface area contributed by atoms with Gasteiger partial charge in [-0.05, 0) is 61.1 Å². The van der Waals surface area contributed by atoms with Gasteiger partial charge in [0.05, 0.1) is 12.0 Å². The van der Waals surface area contributed by atoms with Crippen molar-refractivity contribution in [2.75, 3.05) is 38.6 Å². The summed E-state index contributed by atoms with van der Waals surface area (Å²) in [4.78, 5) is 2.23. The number of ether oxygens (including phenoxy) is 1. The quantitative estimate of drug-likeness (QED) is 0.737. The van der Waals surface area contributed by atoms with Crippen LogP contribution >= 0.6 is 23.8 Å². The van der Waals surface area contributed by atoms with Crippen LogP contribution in [0.2, 0.25) is 5.02 Å². The third kappa shape index (κ3) is 4.41. The van der Waals surface area contributed by atoms with E-state index in [1.807, 2.05) is 30.0 Å². The van der Waals surface area contributed by atoms with E-state index in [9.17, 15) is 8.42 Å². The minimum atomic E-state index is -3.54. The molecule has 0 atom stereocenters. The number of rotatable bonds is 4. The van der Waals surface area contributed by atoms with Crippen molar-refractivity contribution in [2.45, 2.75) is 11.8 Å². The molecule has 0 amide bonds. The van der Waals surface area contributed by atoms with Crippen LogP contribution in [-0.4, -0.2) is 56.0 Å². The van der Waals surface area contributed by atoms with Crippen LogP contribution in [0.25, 0.3) is 0 Å². The Labute approximate surface area is 176 Å². The molecule has 1 fully saturated rings. The zero-order chi connectivity index (χ0) is 20.3. The molecule has 3 rings (SSSR count). The summed E-state index contributed by atoms with van der Waals surface area (Å²) in [5.74, 6) is 0.622. The molecule has 0 aliphatic carbocycles. The Morgan fingerprint density at radius 1 is 1.11 bits per heavy atom. The van der Waals surface area contributed by atoms with Crippen molar-refractivity contribution in [1.29, 1.82) is 0 Å². The lowest BCUT2D eigenvalue weighted by Crippen LogP contribution is -2.51. The normalized spacial score (nSPS) is 15.3. The lowest BCUT2D eigenvalue weighted by Gasteiger charge is -2.35. The SMILES string of the molecule is COc1ccc(S(=O)(=O)N2CCN(C(=S)Nc3cccc(Cl)c3C)CC2)cc1. The minimum Gasteiger partial charge on any atom is -0.497 e. The predicted octanol–water partition coefficient (Wildman–Crippen LogP) is 3.36. The molecule has 1 aliphatic rings. The second kappa shape index (κ2) is 8.65. The van der Waals surface area contributed by atoms with Gasteiger partial charge in [-0.2, -0.15) is 4.31 Å². The van der Waals surface area contributed by atoms with Gasteiger partial charge in [0.2, 0.25) is 10.0 Å². The van der Waals surface area contributed by atoms with E-state index in [4.69, 9.17) is 28.6 Å². The highest BCUT2D eigenvalue weighted by Crippen LogP contribution is 2.24. The fraction of sp³-hybridized carbons (Fsp3) is 0.316. The average Bonchev–Trinajstić information content (AvgIpc) is 2.71. The molecule has 0 saturated carbocycles. The predicted molar refractivity (Wildman–Crippen MR) is 116 cm³/mol. The zero-order valence-corrected chi connectivity index (χ0v) is 18.1. The van der Waals surface area contributed by atoms with Gasteiger partial charge in [0.15, 0.2) is 5.11 Å². The molecular weight excluding hydrogens is 418 g/mol. The third-order valence-electron chi connectivity index (χ3n) is 4.73. The van der Waals surface area contributed by atoms with Crippen LogP contribution in [-0.2, 0) is 10.0 Å². The number of hydrogen-bond acceptors (Lipinski definition) is 4. The first-order valence-corrected chi connectivity index (χ1v) is 11.0. The number of nitrogens with one attached hydrogen (secondary N) is 1. The van der Waals surface area contributed by atoms with E-state index in [1.54, 1.807) is 31.4 Å². The Kier molecular flexibility index (Phi) is 6.44. The average molecular weight is 440 g/mol. The Morgan fingerprint density at radius 2 is 1.75 bits per heavy atom. The molecule has 6 nitrogen and oxygen atoms in total. The maximum absolute atomic E-state index is 12.8. The fourth-order valence-corrected chi connectivity index (χ4v) is 4.85. The topological polar surface area (TPSA) is 61.9 Å². The summed E-state index contributed by atoms with van der Waals surface area (Å²) in [5, 5.41) is 4.44. The summed E-state index contributed by atoms with van der Waals surface area (Å²) < 4.78 is 32.3. The maximum Gasteiger partial charge on any atom is 0.243 e. The number of piperazine rings is 1. The molecule has 0 aromatic heterocycles. The van der Waals surface area contributed by atoms with E-state index < -0.39 is 10.0 Å². The van der Waals surface area contributed by atoms with Crippen LogP contribution in [0, 0.1) is 6.92 Å². The van der Waals surface area contributed by atoms with Crippen LogP contribution in [0.4, 0.5) is 5.69 Å². The van der Waals surface area contributed by atoms with Gasteiger partial charge in [0, 0.05) is 36.9 Å². The summed E-state index contributed by atoms with van der Waals surface area (Å²) >= 11 is 11.7. The van der Waals surface area contributed by atoms with Gasteiger partial charge in [0.25, 0.3) is 0 Å². The number of methoxy groups -OCH3 is 1. The highest BCUT2D eigenvalue weighted by Gasteiger charge is 2.29. The number of sulfonamides is 1. The van der Waals surface area contributed by atoms with Crippen LogP contribution in [0.3, 0.4) is 0 Å². The summed E-state index contributed by atoms with van der Waals surface area (Å²) in [6, 6.07) is 12.0. The van der Waals surface area contributed by atoms with Gasteiger partial charge in [-0.15, -0.1) is 0 Å². The fourth-order valence-electron chi connectivity index (χ4n) is 2.97. The lowest BCUT2D eigenvalue weighted by atomic mass is 10.2. The Hall–Kier alpha value is -1.87. The molecule has 28 heavy (non-hydrogen) atoms. The number of anilines is 1. The van der Waals surface area contributed by atoms with Crippen molar-refractivity contribution < 1.29 is 13.2 Å². The first-order chi connectivity index (χ1) is 13.3. The highest BCUT2D eigenvalue weighted by molar-refractivity contribution is 7.89. The van der Waals surface area contributed by atoms with Gasteiger partial charge >= 0.3 is 0 Å². The first kappa shape index (κ1) is 20.9. The van der Waals surface area contributed by atoms with Crippen molar-refractivity contribution in [1.82, 2.24) is 9.21 Å². The second-order valence-electron chi connectivity index (χ2n) is 6.41. The van der Waals surface area contributed by atoms with E-state index in [0.29, 0.717) is 42.1 Å². The molecule has 9 heteroatoms. The first-order valence-electron chi connectivity index (χ1n) is 8.78. The molecular formula is C19H22ClN3O3S2. The summed E-state index contributed by atoms with van der Waals surface area (Å²) in [7, 11) is -1.99. The van der Waals surface area contributed by atoms with Crippen molar-refractivity contribution in [3.05, 3.63) is 53.1 Å². The number of hydrogen-bond donors (Lipinski definition) is 1. The van der Waals surface area contributed by atoms with Crippen LogP contribution in [0.5, 0.6) is 5.75 Å². The van der Waals surface area contributed by atoms with Gasteiger partial charge < -0.3 is 15.0 Å². The van der Waals surface area contributed by atoms with Crippen LogP contribution < -0.4 is 10.1 Å². The molecule has 1 saturated heterocycles. The number of benzene rings is 2. The zero-order valence-electron chi connectivity index (χ0n) is 15.7. The molecule has 2 aromatic rings. The maximum atomic E-state index is 12.8. The molecule has 1 N–H and O–H groups in total. The van der Waals surface area contributed by atoms with Crippen molar-refractivity contribution in [3.63, 3.8) is 0 Å². The number of nitrogens with zero attached hydrogens (tertiary/aromatic N) is 2. The van der Waals surface area contributed by atoms with Gasteiger partial charge in [-0.25, -0.2) is 8.42 Å². The molecule has 0 radical (unpaired) electrons. The van der Waals surface area contributed by atoms with Crippen LogP contribution in [0.1, 0.15) is 5.56 Å². The van der Waals surface area contributed by atoms with Gasteiger partial charge in [-0.1, -0.05) is 17.7 Å². The van der Waals surface area contributed by atoms with E-state index in [2.05, 4.69) is 5.32 Å². The van der Waals surface area contributed by atoms with E-state index in [-0.39, 0.29) is 4.90 Å². The number of halogens is 1. The Balaban J connectivity index is 1.63. The van der Waals surface area contributed by atoms with Crippen LogP contribution in [0.15, 0.2) is 47.4 Å². The van der Waals surface area contributed by atoms with Crippen molar-refractivity contribution in [3.8, 4) is 5.75 Å². The van der Waals surface area contributed by atoms with E-state index in [1.165, 1.54) is 4.31 Å². The number of thiocarbonyl (C=S) groups is 1. The summed E-state index contributed by atoms with van der Waals surface area (Å²) in [5.41, 5.74) is 1.78. The standard InChI is InChI=1S/C19H22ClN3O3S2/c1-14-17(20)4-3-5-18(14)21-19(27)22-10-12-23(13-11-22)28(24,25)16-8-6-15(26-2)7-9-16/h3-9H,10-13H2,1-2H3,(H,21,27). The van der Waals surface area contributed by atoms with E-state index >= 15 is 0 Å². The molecule has 0 spiro atoms. The third-order valence-corrected chi connectivity index (χ3v) is 7.41. The molecule has 150 valence electrons. The van der Waals surface area contributed by atoms with Crippen molar-refractivity contribution >= 4 is 44.6 Å². The molecule has 0 unspecified atom stereocenters. The molecule has 1 heterocycles. The molecule has 2 aromatic carbocycles. The Bertz CT molecular complexity index is 957. The van der Waals surface area contributed by atoms with Gasteiger partial charge in [-0.3, -0.25) is 0 Å². The second-order valence-corrected chi connectivity index (χ2v) is 9.14. The lowest BCUT2D eigenvalue weighted by molar-refractivity contribution is 0.268. The molecule has 0 bridgehead atoms. The largest absolute Gasteiger partial charge is 0.497 e. The minimum absolute atomic E-state index is 0.261. The molecule has 1 aliphatic heterocycles. The van der Waals surface area contributed by atoms with E-state index in [0.717, 1.165) is 11.3 Å². The smallest absolute Gasteiger partial charge is 0.243 e. The monoisotopic (exact) mass is 439 g/mol. The Morgan fingerprint density at radius 3 is 2.36 bits per heavy atom. The van der Waals surface area contributed by atoms with Gasteiger partial charge in [0.1, 0.15) is 5.75 Å². The summed E-state index contributed by atoms with van der Waals surface area (Å²) in [6.45, 7) is 3.68.